The maximum absolute atomic E-state index is 13.1. The monoisotopic (exact) mass is 249 g/mol. The van der Waals surface area contributed by atoms with Crippen molar-refractivity contribution in [2.24, 2.45) is 11.7 Å². The number of hydrogen-bond donors (Lipinski definition) is 1. The van der Waals surface area contributed by atoms with Crippen molar-refractivity contribution in [1.29, 1.82) is 0 Å². The molecule has 1 aliphatic carbocycles. The van der Waals surface area contributed by atoms with Crippen molar-refractivity contribution >= 4 is 0 Å². The van der Waals surface area contributed by atoms with E-state index in [9.17, 15) is 4.39 Å². The van der Waals surface area contributed by atoms with Crippen molar-refractivity contribution < 1.29 is 9.13 Å². The number of fused-ring (bicyclic) bond motifs is 1. The first-order valence-corrected chi connectivity index (χ1v) is 6.93. The lowest BCUT2D eigenvalue weighted by atomic mass is 9.93. The maximum Gasteiger partial charge on any atom is 0.123 e. The van der Waals surface area contributed by atoms with E-state index in [1.165, 1.54) is 31.7 Å². The molecule has 3 heteroatoms. The molecule has 98 valence electrons. The number of ether oxygens (including phenoxy) is 1. The molecule has 1 heterocycles. The molecule has 2 nitrogen and oxygen atoms in total. The van der Waals surface area contributed by atoms with Gasteiger partial charge in [-0.05, 0) is 43.4 Å². The minimum Gasteiger partial charge on any atom is -0.490 e. The molecule has 3 rings (SSSR count). The van der Waals surface area contributed by atoms with Crippen molar-refractivity contribution in [3.05, 3.63) is 29.6 Å². The van der Waals surface area contributed by atoms with Crippen molar-refractivity contribution in [1.82, 2.24) is 0 Å². The first kappa shape index (κ1) is 12.0. The zero-order valence-corrected chi connectivity index (χ0v) is 10.6. The Morgan fingerprint density at radius 3 is 2.89 bits per heavy atom. The summed E-state index contributed by atoms with van der Waals surface area (Å²) in [6.07, 6.45) is 6.97. The summed E-state index contributed by atoms with van der Waals surface area (Å²) in [5.74, 6) is 1.31. The Morgan fingerprint density at radius 1 is 1.33 bits per heavy atom. The molecule has 0 radical (unpaired) electrons. The van der Waals surface area contributed by atoms with Crippen LogP contribution in [-0.2, 0) is 6.42 Å². The normalized spacial score (nSPS) is 24.9. The summed E-state index contributed by atoms with van der Waals surface area (Å²) in [5, 5.41) is 0. The molecule has 0 aromatic heterocycles. The summed E-state index contributed by atoms with van der Waals surface area (Å²) < 4.78 is 19.0. The predicted octanol–water partition coefficient (Wildman–Crippen LogP) is 3.04. The van der Waals surface area contributed by atoms with Crippen LogP contribution in [0.4, 0.5) is 4.39 Å². The molecule has 0 amide bonds. The van der Waals surface area contributed by atoms with Gasteiger partial charge in [-0.15, -0.1) is 0 Å². The van der Waals surface area contributed by atoms with Crippen LogP contribution < -0.4 is 10.5 Å². The second-order valence-corrected chi connectivity index (χ2v) is 5.64. The highest BCUT2D eigenvalue weighted by Gasteiger charge is 2.29. The Balaban J connectivity index is 1.60. The predicted molar refractivity (Wildman–Crippen MR) is 69.1 cm³/mol. The van der Waals surface area contributed by atoms with E-state index in [1.807, 2.05) is 0 Å². The smallest absolute Gasteiger partial charge is 0.123 e. The van der Waals surface area contributed by atoms with E-state index >= 15 is 0 Å². The standard InChI is InChI=1S/C15H20FNO/c16-12-5-6-15-11(7-12)8-13(18-15)9-14(17)10-3-1-2-4-10/h5-7,10,13-14H,1-4,8-9,17H2. The summed E-state index contributed by atoms with van der Waals surface area (Å²) in [6, 6.07) is 5.00. The molecule has 2 aliphatic rings. The Kier molecular flexibility index (Phi) is 3.25. The highest BCUT2D eigenvalue weighted by molar-refractivity contribution is 5.37. The zero-order chi connectivity index (χ0) is 12.5. The van der Waals surface area contributed by atoms with Crippen molar-refractivity contribution in [2.75, 3.05) is 0 Å². The van der Waals surface area contributed by atoms with Crippen LogP contribution in [0.2, 0.25) is 0 Å². The summed E-state index contributed by atoms with van der Waals surface area (Å²) in [6.45, 7) is 0. The Hall–Kier alpha value is -1.09. The van der Waals surface area contributed by atoms with E-state index in [2.05, 4.69) is 0 Å². The molecular formula is C15H20FNO. The number of nitrogens with two attached hydrogens (primary N) is 1. The van der Waals surface area contributed by atoms with Gasteiger partial charge in [-0.3, -0.25) is 0 Å². The van der Waals surface area contributed by atoms with E-state index in [0.717, 1.165) is 24.2 Å². The van der Waals surface area contributed by atoms with Gasteiger partial charge >= 0.3 is 0 Å². The Labute approximate surface area is 107 Å². The minimum atomic E-state index is -0.182. The lowest BCUT2D eigenvalue weighted by Crippen LogP contribution is -2.34. The molecule has 0 spiro atoms. The average molecular weight is 249 g/mol. The van der Waals surface area contributed by atoms with Gasteiger partial charge in [-0.1, -0.05) is 12.8 Å². The number of benzene rings is 1. The number of halogens is 1. The Bertz CT molecular complexity index is 429. The molecule has 2 unspecified atom stereocenters. The molecule has 1 saturated carbocycles. The van der Waals surface area contributed by atoms with Gasteiger partial charge in [0.15, 0.2) is 0 Å². The lowest BCUT2D eigenvalue weighted by Gasteiger charge is -2.22. The van der Waals surface area contributed by atoms with Gasteiger partial charge in [0, 0.05) is 18.0 Å². The van der Waals surface area contributed by atoms with Crippen LogP contribution in [0.1, 0.15) is 37.7 Å². The summed E-state index contributed by atoms with van der Waals surface area (Å²) in [4.78, 5) is 0. The van der Waals surface area contributed by atoms with Gasteiger partial charge < -0.3 is 10.5 Å². The van der Waals surface area contributed by atoms with E-state index in [1.54, 1.807) is 12.1 Å². The molecule has 2 atom stereocenters. The summed E-state index contributed by atoms with van der Waals surface area (Å²) in [5.41, 5.74) is 7.25. The van der Waals surface area contributed by atoms with Gasteiger partial charge in [0.2, 0.25) is 0 Å². The van der Waals surface area contributed by atoms with E-state index in [4.69, 9.17) is 10.5 Å². The largest absolute Gasteiger partial charge is 0.490 e. The van der Waals surface area contributed by atoms with Gasteiger partial charge in [-0.2, -0.15) is 0 Å². The molecule has 1 aromatic carbocycles. The molecular weight excluding hydrogens is 229 g/mol. The average Bonchev–Trinajstić information content (AvgIpc) is 2.95. The van der Waals surface area contributed by atoms with E-state index in [0.29, 0.717) is 5.92 Å². The van der Waals surface area contributed by atoms with E-state index < -0.39 is 0 Å². The van der Waals surface area contributed by atoms with Gasteiger partial charge in [-0.25, -0.2) is 4.39 Å². The molecule has 1 aliphatic heterocycles. The topological polar surface area (TPSA) is 35.2 Å². The van der Waals surface area contributed by atoms with Crippen LogP contribution in [0.25, 0.3) is 0 Å². The first-order valence-electron chi connectivity index (χ1n) is 6.93. The molecule has 2 N–H and O–H groups in total. The van der Waals surface area contributed by atoms with Crippen LogP contribution in [-0.4, -0.2) is 12.1 Å². The minimum absolute atomic E-state index is 0.136. The Morgan fingerprint density at radius 2 is 2.11 bits per heavy atom. The lowest BCUT2D eigenvalue weighted by molar-refractivity contribution is 0.195. The molecule has 18 heavy (non-hydrogen) atoms. The van der Waals surface area contributed by atoms with Crippen LogP contribution in [0.3, 0.4) is 0 Å². The van der Waals surface area contributed by atoms with Gasteiger partial charge in [0.1, 0.15) is 17.7 Å². The SMILES string of the molecule is NC(CC1Cc2cc(F)ccc2O1)C1CCCC1. The van der Waals surface area contributed by atoms with Crippen molar-refractivity contribution in [3.8, 4) is 5.75 Å². The number of rotatable bonds is 3. The fourth-order valence-corrected chi connectivity index (χ4v) is 3.30. The third-order valence-electron chi connectivity index (χ3n) is 4.30. The van der Waals surface area contributed by atoms with Crippen LogP contribution in [0, 0.1) is 11.7 Å². The fourth-order valence-electron chi connectivity index (χ4n) is 3.30. The van der Waals surface area contributed by atoms with E-state index in [-0.39, 0.29) is 18.0 Å². The van der Waals surface area contributed by atoms with Crippen LogP contribution >= 0.6 is 0 Å². The third kappa shape index (κ3) is 2.37. The first-order chi connectivity index (χ1) is 8.72. The second kappa shape index (κ2) is 4.88. The van der Waals surface area contributed by atoms with Crippen LogP contribution in [0.5, 0.6) is 5.75 Å². The van der Waals surface area contributed by atoms with Crippen molar-refractivity contribution in [3.63, 3.8) is 0 Å². The second-order valence-electron chi connectivity index (χ2n) is 5.64. The quantitative estimate of drug-likeness (QED) is 0.893. The molecule has 1 aromatic rings. The number of hydrogen-bond acceptors (Lipinski definition) is 2. The summed E-state index contributed by atoms with van der Waals surface area (Å²) >= 11 is 0. The highest BCUT2D eigenvalue weighted by atomic mass is 19.1. The summed E-state index contributed by atoms with van der Waals surface area (Å²) in [7, 11) is 0. The maximum atomic E-state index is 13.1. The van der Waals surface area contributed by atoms with Gasteiger partial charge in [0.05, 0.1) is 0 Å². The van der Waals surface area contributed by atoms with Crippen molar-refractivity contribution in [2.45, 2.75) is 50.7 Å². The molecule has 1 fully saturated rings. The third-order valence-corrected chi connectivity index (χ3v) is 4.30. The fraction of sp³-hybridized carbons (Fsp3) is 0.600. The van der Waals surface area contributed by atoms with Gasteiger partial charge in [0.25, 0.3) is 0 Å². The highest BCUT2D eigenvalue weighted by Crippen LogP contribution is 2.34. The molecule has 0 saturated heterocycles. The van der Waals surface area contributed by atoms with Crippen LogP contribution in [0.15, 0.2) is 18.2 Å². The molecule has 0 bridgehead atoms. The zero-order valence-electron chi connectivity index (χ0n) is 10.6.